The number of rotatable bonds is 4. The third kappa shape index (κ3) is 2.07. The van der Waals surface area contributed by atoms with Gasteiger partial charge in [0.05, 0.1) is 0 Å². The molecule has 2 heterocycles. The number of aryl methyl sites for hydroxylation is 1. The lowest BCUT2D eigenvalue weighted by Crippen LogP contribution is -2.35. The maximum absolute atomic E-state index is 11.9. The summed E-state index contributed by atoms with van der Waals surface area (Å²) in [4.78, 5) is 18.1. The Hall–Kier alpha value is -1.36. The first kappa shape index (κ1) is 12.1. The number of imidazole rings is 1. The van der Waals surface area contributed by atoms with Gasteiger partial charge in [0.1, 0.15) is 11.9 Å². The van der Waals surface area contributed by atoms with Gasteiger partial charge in [-0.1, -0.05) is 6.92 Å². The molecule has 1 amide bonds. The monoisotopic (exact) mass is 236 g/mol. The summed E-state index contributed by atoms with van der Waals surface area (Å²) in [6, 6.07) is -0.195. The van der Waals surface area contributed by atoms with E-state index in [9.17, 15) is 4.79 Å². The highest BCUT2D eigenvalue weighted by molar-refractivity contribution is 5.80. The molecule has 0 bridgehead atoms. The minimum absolute atomic E-state index is 0.0580. The second-order valence-electron chi connectivity index (χ2n) is 4.47. The van der Waals surface area contributed by atoms with Gasteiger partial charge >= 0.3 is 0 Å². The Morgan fingerprint density at radius 3 is 2.94 bits per heavy atom. The number of amides is 1. The number of nitrogens with two attached hydrogens (primary N) is 1. The Labute approximate surface area is 102 Å². The average molecular weight is 236 g/mol. The molecule has 1 fully saturated rings. The highest BCUT2D eigenvalue weighted by atomic mass is 16.2. The highest BCUT2D eigenvalue weighted by Gasteiger charge is 2.40. The van der Waals surface area contributed by atoms with Crippen LogP contribution in [0.1, 0.15) is 38.6 Å². The summed E-state index contributed by atoms with van der Waals surface area (Å²) in [5, 5.41) is 0. The van der Waals surface area contributed by atoms with Crippen LogP contribution in [0.25, 0.3) is 0 Å². The van der Waals surface area contributed by atoms with Gasteiger partial charge < -0.3 is 15.2 Å². The predicted molar refractivity (Wildman–Crippen MR) is 65.2 cm³/mol. The van der Waals surface area contributed by atoms with Crippen LogP contribution in [0.15, 0.2) is 12.4 Å². The van der Waals surface area contributed by atoms with Gasteiger partial charge in [-0.25, -0.2) is 4.98 Å². The molecule has 0 unspecified atom stereocenters. The second-order valence-corrected chi connectivity index (χ2v) is 4.47. The first-order chi connectivity index (χ1) is 8.19. The van der Waals surface area contributed by atoms with Gasteiger partial charge in [-0.2, -0.15) is 0 Å². The number of hydrogen-bond acceptors (Lipinski definition) is 3. The van der Waals surface area contributed by atoms with E-state index >= 15 is 0 Å². The molecule has 1 saturated heterocycles. The van der Waals surface area contributed by atoms with Gasteiger partial charge in [-0.15, -0.1) is 0 Å². The van der Waals surface area contributed by atoms with Crippen LogP contribution in [0.4, 0.5) is 0 Å². The third-order valence-electron chi connectivity index (χ3n) is 3.29. The van der Waals surface area contributed by atoms with Crippen molar-refractivity contribution in [3.8, 4) is 0 Å². The van der Waals surface area contributed by atoms with Crippen molar-refractivity contribution in [1.29, 1.82) is 0 Å². The van der Waals surface area contributed by atoms with Crippen molar-refractivity contribution in [1.82, 2.24) is 14.5 Å². The number of hydrogen-bond donors (Lipinski definition) is 1. The van der Waals surface area contributed by atoms with Gasteiger partial charge in [0.2, 0.25) is 5.91 Å². The van der Waals surface area contributed by atoms with E-state index in [1.807, 2.05) is 11.1 Å². The topological polar surface area (TPSA) is 64.2 Å². The lowest BCUT2D eigenvalue weighted by molar-refractivity contribution is -0.129. The SMILES string of the molecule is CCCN1C(=O)C[C@H](N)[C@H]1c1nccn1CC. The van der Waals surface area contributed by atoms with E-state index in [4.69, 9.17) is 5.73 Å². The van der Waals surface area contributed by atoms with E-state index in [-0.39, 0.29) is 18.0 Å². The fourth-order valence-corrected chi connectivity index (χ4v) is 2.51. The Morgan fingerprint density at radius 1 is 1.53 bits per heavy atom. The van der Waals surface area contributed by atoms with E-state index in [2.05, 4.69) is 23.4 Å². The van der Waals surface area contributed by atoms with Crippen LogP contribution < -0.4 is 5.73 Å². The summed E-state index contributed by atoms with van der Waals surface area (Å²) < 4.78 is 2.06. The fraction of sp³-hybridized carbons (Fsp3) is 0.667. The van der Waals surface area contributed by atoms with Gasteiger partial charge in [-0.3, -0.25) is 4.79 Å². The summed E-state index contributed by atoms with van der Waals surface area (Å²) in [5.74, 6) is 1.06. The molecular weight excluding hydrogens is 216 g/mol. The van der Waals surface area contributed by atoms with Crippen molar-refractivity contribution < 1.29 is 4.79 Å². The van der Waals surface area contributed by atoms with Crippen LogP contribution in [0.5, 0.6) is 0 Å². The van der Waals surface area contributed by atoms with E-state index < -0.39 is 0 Å². The molecule has 0 aromatic carbocycles. The van der Waals surface area contributed by atoms with Gasteiger partial charge in [0, 0.05) is 37.9 Å². The molecule has 1 aliphatic rings. The van der Waals surface area contributed by atoms with Crippen LogP contribution >= 0.6 is 0 Å². The molecule has 2 N–H and O–H groups in total. The van der Waals surface area contributed by atoms with Crippen LogP contribution in [0, 0.1) is 0 Å². The maximum atomic E-state index is 11.9. The first-order valence-corrected chi connectivity index (χ1v) is 6.25. The molecule has 0 saturated carbocycles. The predicted octanol–water partition coefficient (Wildman–Crippen LogP) is 0.914. The molecule has 94 valence electrons. The molecule has 0 aliphatic carbocycles. The quantitative estimate of drug-likeness (QED) is 0.845. The number of carbonyl (C=O) groups excluding carboxylic acids is 1. The molecule has 5 heteroatoms. The number of nitrogens with zero attached hydrogens (tertiary/aromatic N) is 3. The second kappa shape index (κ2) is 4.87. The van der Waals surface area contributed by atoms with Crippen LogP contribution in [-0.2, 0) is 11.3 Å². The summed E-state index contributed by atoms with van der Waals surface area (Å²) in [6.45, 7) is 5.75. The summed E-state index contributed by atoms with van der Waals surface area (Å²) in [7, 11) is 0. The van der Waals surface area contributed by atoms with Crippen molar-refractivity contribution in [2.24, 2.45) is 5.73 Å². The Bertz CT molecular complexity index is 401. The normalized spacial score (nSPS) is 24.6. The molecule has 5 nitrogen and oxygen atoms in total. The lowest BCUT2D eigenvalue weighted by Gasteiger charge is -2.26. The van der Waals surface area contributed by atoms with Gasteiger partial charge in [0.25, 0.3) is 0 Å². The Morgan fingerprint density at radius 2 is 2.29 bits per heavy atom. The number of likely N-dealkylation sites (tertiary alicyclic amines) is 1. The largest absolute Gasteiger partial charge is 0.333 e. The van der Waals surface area contributed by atoms with Crippen molar-refractivity contribution in [2.75, 3.05) is 6.54 Å². The number of aromatic nitrogens is 2. The standard InChI is InChI=1S/C12H20N4O/c1-3-6-16-10(17)8-9(13)11(16)12-14-5-7-15(12)4-2/h5,7,9,11H,3-4,6,8,13H2,1-2H3/t9-,11-/m0/s1. The zero-order valence-electron chi connectivity index (χ0n) is 10.5. The van der Waals surface area contributed by atoms with Crippen molar-refractivity contribution in [3.05, 3.63) is 18.2 Å². The van der Waals surface area contributed by atoms with Crippen molar-refractivity contribution >= 4 is 5.91 Å². The molecular formula is C12H20N4O. The zero-order valence-corrected chi connectivity index (χ0v) is 10.5. The van der Waals surface area contributed by atoms with Crippen molar-refractivity contribution in [2.45, 2.75) is 45.3 Å². The van der Waals surface area contributed by atoms with Crippen LogP contribution in [0.3, 0.4) is 0 Å². The first-order valence-electron chi connectivity index (χ1n) is 6.25. The minimum atomic E-state index is -0.137. The van der Waals surface area contributed by atoms with Crippen LogP contribution in [-0.4, -0.2) is 32.9 Å². The molecule has 0 radical (unpaired) electrons. The van der Waals surface area contributed by atoms with Crippen LogP contribution in [0.2, 0.25) is 0 Å². The van der Waals surface area contributed by atoms with Gasteiger partial charge in [0.15, 0.2) is 0 Å². The number of carbonyl (C=O) groups is 1. The van der Waals surface area contributed by atoms with Crippen molar-refractivity contribution in [3.63, 3.8) is 0 Å². The average Bonchev–Trinajstić information content (AvgIpc) is 2.85. The summed E-state index contributed by atoms with van der Waals surface area (Å²) in [5.41, 5.74) is 6.09. The molecule has 1 aliphatic heterocycles. The Balaban J connectivity index is 2.31. The smallest absolute Gasteiger partial charge is 0.224 e. The molecule has 2 atom stereocenters. The van der Waals surface area contributed by atoms with E-state index in [0.29, 0.717) is 6.42 Å². The fourth-order valence-electron chi connectivity index (χ4n) is 2.51. The van der Waals surface area contributed by atoms with E-state index in [0.717, 1.165) is 25.3 Å². The molecule has 17 heavy (non-hydrogen) atoms. The molecule has 1 aromatic heterocycles. The minimum Gasteiger partial charge on any atom is -0.333 e. The van der Waals surface area contributed by atoms with E-state index in [1.165, 1.54) is 0 Å². The highest BCUT2D eigenvalue weighted by Crippen LogP contribution is 2.31. The molecule has 0 spiro atoms. The maximum Gasteiger partial charge on any atom is 0.224 e. The van der Waals surface area contributed by atoms with E-state index in [1.54, 1.807) is 6.20 Å². The summed E-state index contributed by atoms with van der Waals surface area (Å²) >= 11 is 0. The van der Waals surface area contributed by atoms with Gasteiger partial charge in [-0.05, 0) is 13.3 Å². The Kier molecular flexibility index (Phi) is 3.47. The molecule has 1 aromatic rings. The lowest BCUT2D eigenvalue weighted by atomic mass is 10.1. The third-order valence-corrected chi connectivity index (χ3v) is 3.29. The zero-order chi connectivity index (χ0) is 12.4. The molecule has 2 rings (SSSR count). The summed E-state index contributed by atoms with van der Waals surface area (Å²) in [6.07, 6.45) is 5.09.